The van der Waals surface area contributed by atoms with Gasteiger partial charge in [0.1, 0.15) is 5.82 Å². The Hall–Kier alpha value is -2.30. The first kappa shape index (κ1) is 12.7. The zero-order chi connectivity index (χ0) is 14.1. The number of amides is 1. The first-order valence-corrected chi connectivity index (χ1v) is 6.82. The number of aryl methyl sites for hydroxylation is 3. The minimum absolute atomic E-state index is 0.0960. The summed E-state index contributed by atoms with van der Waals surface area (Å²) in [4.78, 5) is 12.3. The van der Waals surface area contributed by atoms with Crippen LogP contribution in [-0.4, -0.2) is 22.2 Å². The lowest BCUT2D eigenvalue weighted by molar-refractivity contribution is 0.102. The Balaban J connectivity index is 1.82. The summed E-state index contributed by atoms with van der Waals surface area (Å²) < 4.78 is 1.67. The van der Waals surface area contributed by atoms with Crippen LogP contribution in [0, 0.1) is 6.92 Å². The molecule has 1 aromatic carbocycles. The predicted octanol–water partition coefficient (Wildman–Crippen LogP) is 2.34. The van der Waals surface area contributed by atoms with Gasteiger partial charge in [-0.2, -0.15) is 5.10 Å². The van der Waals surface area contributed by atoms with Crippen LogP contribution in [0.5, 0.6) is 0 Å². The monoisotopic (exact) mass is 270 g/mol. The van der Waals surface area contributed by atoms with Crippen molar-refractivity contribution in [1.29, 1.82) is 0 Å². The van der Waals surface area contributed by atoms with Gasteiger partial charge >= 0.3 is 0 Å². The van der Waals surface area contributed by atoms with Crippen LogP contribution in [0.25, 0.3) is 0 Å². The van der Waals surface area contributed by atoms with Crippen molar-refractivity contribution < 1.29 is 4.79 Å². The molecule has 5 nitrogen and oxygen atoms in total. The molecule has 0 bridgehead atoms. The third-order valence-electron chi connectivity index (χ3n) is 3.55. The number of benzene rings is 1. The largest absolute Gasteiger partial charge is 0.385 e. The summed E-state index contributed by atoms with van der Waals surface area (Å²) in [7, 11) is 1.82. The lowest BCUT2D eigenvalue weighted by atomic mass is 10.0. The van der Waals surface area contributed by atoms with E-state index in [1.807, 2.05) is 38.2 Å². The first-order chi connectivity index (χ1) is 9.63. The summed E-state index contributed by atoms with van der Waals surface area (Å²) in [6, 6.07) is 7.67. The number of anilines is 2. The molecule has 0 saturated heterocycles. The molecule has 0 atom stereocenters. The maximum atomic E-state index is 12.3. The number of aromatic nitrogens is 2. The number of hydrogen-bond donors (Lipinski definition) is 2. The maximum Gasteiger partial charge on any atom is 0.256 e. The summed E-state index contributed by atoms with van der Waals surface area (Å²) >= 11 is 0. The SMILES string of the molecule is Cc1cc(NC(=O)c2ccc3c(c2)CCCN3)n(C)n1. The molecule has 1 aliphatic rings. The number of fused-ring (bicyclic) bond motifs is 1. The number of hydrogen-bond acceptors (Lipinski definition) is 3. The van der Waals surface area contributed by atoms with Crippen LogP contribution in [-0.2, 0) is 13.5 Å². The van der Waals surface area contributed by atoms with Gasteiger partial charge in [-0.3, -0.25) is 9.48 Å². The molecule has 5 heteroatoms. The van der Waals surface area contributed by atoms with Crippen LogP contribution in [0.2, 0.25) is 0 Å². The molecule has 2 N–H and O–H groups in total. The van der Waals surface area contributed by atoms with E-state index in [-0.39, 0.29) is 5.91 Å². The molecule has 0 aliphatic carbocycles. The molecule has 0 saturated carbocycles. The molecule has 1 aromatic heterocycles. The third kappa shape index (κ3) is 2.39. The number of carbonyl (C=O) groups excluding carboxylic acids is 1. The van der Waals surface area contributed by atoms with Crippen molar-refractivity contribution in [2.75, 3.05) is 17.2 Å². The fourth-order valence-corrected chi connectivity index (χ4v) is 2.53. The van der Waals surface area contributed by atoms with Gasteiger partial charge in [0.25, 0.3) is 5.91 Å². The van der Waals surface area contributed by atoms with Crippen molar-refractivity contribution in [2.24, 2.45) is 7.05 Å². The Morgan fingerprint density at radius 1 is 1.40 bits per heavy atom. The van der Waals surface area contributed by atoms with Gasteiger partial charge in [-0.25, -0.2) is 0 Å². The van der Waals surface area contributed by atoms with E-state index in [1.54, 1.807) is 4.68 Å². The van der Waals surface area contributed by atoms with Crippen LogP contribution in [0.4, 0.5) is 11.5 Å². The van der Waals surface area contributed by atoms with Crippen LogP contribution in [0.1, 0.15) is 28.0 Å². The van der Waals surface area contributed by atoms with Crippen molar-refractivity contribution >= 4 is 17.4 Å². The number of carbonyl (C=O) groups is 1. The molecule has 2 heterocycles. The molecule has 0 spiro atoms. The second-order valence-electron chi connectivity index (χ2n) is 5.15. The Kier molecular flexibility index (Phi) is 3.18. The van der Waals surface area contributed by atoms with Crippen LogP contribution >= 0.6 is 0 Å². The lowest BCUT2D eigenvalue weighted by Gasteiger charge is -2.18. The minimum atomic E-state index is -0.0960. The summed E-state index contributed by atoms with van der Waals surface area (Å²) in [6.45, 7) is 2.91. The summed E-state index contributed by atoms with van der Waals surface area (Å²) in [6.07, 6.45) is 2.13. The van der Waals surface area contributed by atoms with Gasteiger partial charge in [-0.15, -0.1) is 0 Å². The first-order valence-electron chi connectivity index (χ1n) is 6.82. The summed E-state index contributed by atoms with van der Waals surface area (Å²) in [5, 5.41) is 10.5. The fraction of sp³-hybridized carbons (Fsp3) is 0.333. The summed E-state index contributed by atoms with van der Waals surface area (Å²) in [5.41, 5.74) is 3.93. The van der Waals surface area contributed by atoms with Gasteiger partial charge in [0.15, 0.2) is 0 Å². The second kappa shape index (κ2) is 5.00. The molecular formula is C15H18N4O. The molecule has 20 heavy (non-hydrogen) atoms. The van der Waals surface area contributed by atoms with Crippen molar-refractivity contribution in [3.63, 3.8) is 0 Å². The quantitative estimate of drug-likeness (QED) is 0.880. The number of nitrogens with zero attached hydrogens (tertiary/aromatic N) is 2. The molecule has 0 radical (unpaired) electrons. The standard InChI is InChI=1S/C15H18N4O/c1-10-8-14(19(2)18-10)17-15(20)12-5-6-13-11(9-12)4-3-7-16-13/h5-6,8-9,16H,3-4,7H2,1-2H3,(H,17,20). The Morgan fingerprint density at radius 3 is 3.00 bits per heavy atom. The minimum Gasteiger partial charge on any atom is -0.385 e. The van der Waals surface area contributed by atoms with Crippen molar-refractivity contribution in [1.82, 2.24) is 9.78 Å². The average Bonchev–Trinajstić information content (AvgIpc) is 2.76. The lowest BCUT2D eigenvalue weighted by Crippen LogP contribution is -2.17. The van der Waals surface area contributed by atoms with Crippen LogP contribution < -0.4 is 10.6 Å². The van der Waals surface area contributed by atoms with Crippen LogP contribution in [0.3, 0.4) is 0 Å². The van der Waals surface area contributed by atoms with E-state index < -0.39 is 0 Å². The van der Waals surface area contributed by atoms with Crippen molar-refractivity contribution in [3.8, 4) is 0 Å². The molecule has 3 rings (SSSR count). The highest BCUT2D eigenvalue weighted by Crippen LogP contribution is 2.23. The molecule has 0 fully saturated rings. The van der Waals surface area contributed by atoms with E-state index >= 15 is 0 Å². The fourth-order valence-electron chi connectivity index (χ4n) is 2.53. The van der Waals surface area contributed by atoms with E-state index in [0.29, 0.717) is 11.4 Å². The number of rotatable bonds is 2. The van der Waals surface area contributed by atoms with Crippen LogP contribution in [0.15, 0.2) is 24.3 Å². The van der Waals surface area contributed by atoms with E-state index in [1.165, 1.54) is 5.56 Å². The van der Waals surface area contributed by atoms with E-state index in [4.69, 9.17) is 0 Å². The molecule has 1 aliphatic heterocycles. The Bertz CT molecular complexity index is 660. The van der Waals surface area contributed by atoms with Gasteiger partial charge in [0.2, 0.25) is 0 Å². The highest BCUT2D eigenvalue weighted by Gasteiger charge is 2.13. The average molecular weight is 270 g/mol. The second-order valence-corrected chi connectivity index (χ2v) is 5.15. The van der Waals surface area contributed by atoms with Gasteiger partial charge in [-0.1, -0.05) is 0 Å². The molecule has 2 aromatic rings. The normalized spacial score (nSPS) is 13.5. The molecular weight excluding hydrogens is 252 g/mol. The van der Waals surface area contributed by atoms with Crippen molar-refractivity contribution in [2.45, 2.75) is 19.8 Å². The zero-order valence-corrected chi connectivity index (χ0v) is 11.7. The zero-order valence-electron chi connectivity index (χ0n) is 11.7. The Labute approximate surface area is 118 Å². The maximum absolute atomic E-state index is 12.3. The van der Waals surface area contributed by atoms with Gasteiger partial charge in [0.05, 0.1) is 5.69 Å². The van der Waals surface area contributed by atoms with Crippen molar-refractivity contribution in [3.05, 3.63) is 41.1 Å². The molecule has 0 unspecified atom stereocenters. The van der Waals surface area contributed by atoms with E-state index in [9.17, 15) is 4.79 Å². The third-order valence-corrected chi connectivity index (χ3v) is 3.55. The van der Waals surface area contributed by atoms with Gasteiger partial charge in [-0.05, 0) is 43.5 Å². The predicted molar refractivity (Wildman–Crippen MR) is 79.2 cm³/mol. The van der Waals surface area contributed by atoms with Gasteiger partial charge < -0.3 is 10.6 Å². The van der Waals surface area contributed by atoms with E-state index in [0.717, 1.165) is 30.8 Å². The number of nitrogens with one attached hydrogen (secondary N) is 2. The smallest absolute Gasteiger partial charge is 0.256 e. The highest BCUT2D eigenvalue weighted by molar-refractivity contribution is 6.04. The van der Waals surface area contributed by atoms with Gasteiger partial charge in [0, 0.05) is 30.9 Å². The van der Waals surface area contributed by atoms with E-state index in [2.05, 4.69) is 15.7 Å². The molecule has 104 valence electrons. The summed E-state index contributed by atoms with van der Waals surface area (Å²) in [5.74, 6) is 0.615. The topological polar surface area (TPSA) is 59.0 Å². The Morgan fingerprint density at radius 2 is 2.25 bits per heavy atom. The highest BCUT2D eigenvalue weighted by atomic mass is 16.1. The molecule has 1 amide bonds.